The zero-order valence-corrected chi connectivity index (χ0v) is 12.3. The monoisotopic (exact) mass is 269 g/mol. The van der Waals surface area contributed by atoms with Crippen molar-refractivity contribution in [3.05, 3.63) is 0 Å². The second kappa shape index (κ2) is 9.08. The van der Waals surface area contributed by atoms with E-state index in [-0.39, 0.29) is 11.7 Å². The van der Waals surface area contributed by atoms with Crippen molar-refractivity contribution in [3.8, 4) is 0 Å². The number of hydrogen-bond donors (Lipinski definition) is 0. The average molecular weight is 269 g/mol. The zero-order valence-electron chi connectivity index (χ0n) is 12.3. The number of piperidine rings is 1. The first-order chi connectivity index (χ1) is 9.17. The number of carbonyl (C=O) groups is 2. The molecule has 0 saturated carbocycles. The van der Waals surface area contributed by atoms with Gasteiger partial charge in [-0.2, -0.15) is 0 Å². The molecule has 4 heteroatoms. The smallest absolute Gasteiger partial charge is 0.223 e. The molecular weight excluding hydrogens is 242 g/mol. The highest BCUT2D eigenvalue weighted by Gasteiger charge is 2.22. The van der Waals surface area contributed by atoms with Crippen molar-refractivity contribution >= 4 is 11.7 Å². The van der Waals surface area contributed by atoms with E-state index in [0.29, 0.717) is 25.2 Å². The topological polar surface area (TPSA) is 46.6 Å². The molecule has 1 heterocycles. The molecule has 110 valence electrons. The van der Waals surface area contributed by atoms with Crippen molar-refractivity contribution in [2.45, 2.75) is 52.4 Å². The van der Waals surface area contributed by atoms with Gasteiger partial charge in [-0.3, -0.25) is 9.59 Å². The standard InChI is InChI=1S/C15H27NO3/c1-3-14(17)5-6-15(18)16-10-7-13(8-11-16)9-12-19-4-2/h13H,3-12H2,1-2H3. The van der Waals surface area contributed by atoms with Gasteiger partial charge in [-0.1, -0.05) is 6.92 Å². The van der Waals surface area contributed by atoms with Gasteiger partial charge in [-0.05, 0) is 32.1 Å². The minimum Gasteiger partial charge on any atom is -0.382 e. The number of Topliss-reactive ketones (excluding diaryl/α,β-unsaturated/α-hetero) is 1. The minimum absolute atomic E-state index is 0.144. The second-order valence-corrected chi connectivity index (χ2v) is 5.20. The molecule has 0 aromatic carbocycles. The minimum atomic E-state index is 0.144. The van der Waals surface area contributed by atoms with E-state index < -0.39 is 0 Å². The van der Waals surface area contributed by atoms with E-state index in [1.54, 1.807) is 0 Å². The van der Waals surface area contributed by atoms with E-state index in [1.807, 2.05) is 18.7 Å². The maximum Gasteiger partial charge on any atom is 0.223 e. The van der Waals surface area contributed by atoms with Crippen molar-refractivity contribution < 1.29 is 14.3 Å². The number of nitrogens with zero attached hydrogens (tertiary/aromatic N) is 1. The third-order valence-corrected chi connectivity index (χ3v) is 3.85. The summed E-state index contributed by atoms with van der Waals surface area (Å²) in [5, 5.41) is 0. The quantitative estimate of drug-likeness (QED) is 0.636. The van der Waals surface area contributed by atoms with E-state index in [1.165, 1.54) is 0 Å². The summed E-state index contributed by atoms with van der Waals surface area (Å²) < 4.78 is 5.37. The summed E-state index contributed by atoms with van der Waals surface area (Å²) in [7, 11) is 0. The van der Waals surface area contributed by atoms with Crippen molar-refractivity contribution in [2.24, 2.45) is 5.92 Å². The summed E-state index contributed by atoms with van der Waals surface area (Å²) in [5.74, 6) is 1.01. The Balaban J connectivity index is 2.18. The molecule has 0 atom stereocenters. The van der Waals surface area contributed by atoms with E-state index >= 15 is 0 Å². The van der Waals surface area contributed by atoms with Gasteiger partial charge in [-0.15, -0.1) is 0 Å². The van der Waals surface area contributed by atoms with Crippen molar-refractivity contribution in [2.75, 3.05) is 26.3 Å². The molecule has 1 aliphatic heterocycles. The summed E-state index contributed by atoms with van der Waals surface area (Å²) in [5.41, 5.74) is 0. The third kappa shape index (κ3) is 6.19. The Morgan fingerprint density at radius 1 is 1.16 bits per heavy atom. The largest absolute Gasteiger partial charge is 0.382 e. The summed E-state index contributed by atoms with van der Waals surface area (Å²) in [6.07, 6.45) is 4.56. The van der Waals surface area contributed by atoms with E-state index in [4.69, 9.17) is 4.74 Å². The molecule has 0 bridgehead atoms. The van der Waals surface area contributed by atoms with Crippen LogP contribution in [0, 0.1) is 5.92 Å². The lowest BCUT2D eigenvalue weighted by Gasteiger charge is -2.32. The highest BCUT2D eigenvalue weighted by Crippen LogP contribution is 2.21. The summed E-state index contributed by atoms with van der Waals surface area (Å²) in [6, 6.07) is 0. The third-order valence-electron chi connectivity index (χ3n) is 3.85. The fraction of sp³-hybridized carbons (Fsp3) is 0.867. The first-order valence-corrected chi connectivity index (χ1v) is 7.54. The maximum absolute atomic E-state index is 11.9. The molecule has 1 rings (SSSR count). The van der Waals surface area contributed by atoms with Crippen molar-refractivity contribution in [3.63, 3.8) is 0 Å². The van der Waals surface area contributed by atoms with E-state index in [2.05, 4.69) is 0 Å². The molecule has 4 nitrogen and oxygen atoms in total. The van der Waals surface area contributed by atoms with Crippen molar-refractivity contribution in [1.29, 1.82) is 0 Å². The average Bonchev–Trinajstić information content (AvgIpc) is 2.45. The van der Waals surface area contributed by atoms with Crippen LogP contribution in [0.3, 0.4) is 0 Å². The molecule has 0 radical (unpaired) electrons. The van der Waals surface area contributed by atoms with Gasteiger partial charge < -0.3 is 9.64 Å². The lowest BCUT2D eigenvalue weighted by Crippen LogP contribution is -2.38. The van der Waals surface area contributed by atoms with Crippen LogP contribution in [0.25, 0.3) is 0 Å². The number of ether oxygens (including phenoxy) is 1. The van der Waals surface area contributed by atoms with Crippen LogP contribution >= 0.6 is 0 Å². The second-order valence-electron chi connectivity index (χ2n) is 5.20. The number of likely N-dealkylation sites (tertiary alicyclic amines) is 1. The molecule has 1 aliphatic rings. The summed E-state index contributed by atoms with van der Waals surface area (Å²) >= 11 is 0. The van der Waals surface area contributed by atoms with Crippen LogP contribution in [0.4, 0.5) is 0 Å². The van der Waals surface area contributed by atoms with Crippen LogP contribution < -0.4 is 0 Å². The highest BCUT2D eigenvalue weighted by atomic mass is 16.5. The van der Waals surface area contributed by atoms with Crippen molar-refractivity contribution in [1.82, 2.24) is 4.90 Å². The molecule has 1 fully saturated rings. The molecule has 0 unspecified atom stereocenters. The predicted molar refractivity (Wildman–Crippen MR) is 74.9 cm³/mol. The summed E-state index contributed by atoms with van der Waals surface area (Å²) in [4.78, 5) is 25.1. The molecule has 0 N–H and O–H groups in total. The van der Waals surface area contributed by atoms with Crippen LogP contribution in [0.2, 0.25) is 0 Å². The van der Waals surface area contributed by atoms with E-state index in [0.717, 1.165) is 45.6 Å². The predicted octanol–water partition coefficient (Wildman–Crippen LogP) is 2.41. The van der Waals surface area contributed by atoms with Crippen LogP contribution in [-0.4, -0.2) is 42.9 Å². The highest BCUT2D eigenvalue weighted by molar-refractivity contribution is 5.84. The van der Waals surface area contributed by atoms with Gasteiger partial charge in [0.25, 0.3) is 0 Å². The van der Waals surface area contributed by atoms with E-state index in [9.17, 15) is 9.59 Å². The Morgan fingerprint density at radius 2 is 1.84 bits per heavy atom. The summed E-state index contributed by atoms with van der Waals surface area (Å²) in [6.45, 7) is 7.16. The Kier molecular flexibility index (Phi) is 7.72. The van der Waals surface area contributed by atoms with Crippen LogP contribution in [0.5, 0.6) is 0 Å². The fourth-order valence-electron chi connectivity index (χ4n) is 2.45. The van der Waals surface area contributed by atoms with Crippen LogP contribution in [0.15, 0.2) is 0 Å². The van der Waals surface area contributed by atoms with Gasteiger partial charge in [0, 0.05) is 45.6 Å². The van der Waals surface area contributed by atoms with Gasteiger partial charge >= 0.3 is 0 Å². The molecule has 1 amide bonds. The lowest BCUT2D eigenvalue weighted by molar-refractivity contribution is -0.134. The number of carbonyl (C=O) groups excluding carboxylic acids is 2. The first-order valence-electron chi connectivity index (χ1n) is 7.54. The van der Waals surface area contributed by atoms with Crippen LogP contribution in [-0.2, 0) is 14.3 Å². The molecule has 0 aromatic rings. The molecule has 0 aromatic heterocycles. The van der Waals surface area contributed by atoms with Crippen LogP contribution in [0.1, 0.15) is 52.4 Å². The number of amides is 1. The van der Waals surface area contributed by atoms with Gasteiger partial charge in [0.15, 0.2) is 0 Å². The molecular formula is C15H27NO3. The zero-order chi connectivity index (χ0) is 14.1. The number of ketones is 1. The molecule has 0 aliphatic carbocycles. The molecule has 19 heavy (non-hydrogen) atoms. The number of rotatable bonds is 8. The molecule has 0 spiro atoms. The Hall–Kier alpha value is -0.900. The number of hydrogen-bond acceptors (Lipinski definition) is 3. The lowest BCUT2D eigenvalue weighted by atomic mass is 9.93. The Bertz CT molecular complexity index is 283. The van der Waals surface area contributed by atoms with Gasteiger partial charge in [-0.25, -0.2) is 0 Å². The van der Waals surface area contributed by atoms with Gasteiger partial charge in [0.05, 0.1) is 0 Å². The SMILES string of the molecule is CCOCCC1CCN(C(=O)CCC(=O)CC)CC1. The molecule has 1 saturated heterocycles. The fourth-order valence-corrected chi connectivity index (χ4v) is 2.45. The maximum atomic E-state index is 11.9. The normalized spacial score (nSPS) is 16.6. The Labute approximate surface area is 116 Å². The van der Waals surface area contributed by atoms with Gasteiger partial charge in [0.1, 0.15) is 5.78 Å². The Morgan fingerprint density at radius 3 is 2.42 bits per heavy atom. The first kappa shape index (κ1) is 16.2. The van der Waals surface area contributed by atoms with Gasteiger partial charge in [0.2, 0.25) is 5.91 Å².